The van der Waals surface area contributed by atoms with E-state index in [2.05, 4.69) is 21.2 Å². The summed E-state index contributed by atoms with van der Waals surface area (Å²) in [7, 11) is 0. The third-order valence-corrected chi connectivity index (χ3v) is 5.18. The number of hydrogen-bond acceptors (Lipinski definition) is 3. The number of thiophene rings is 1. The number of amides is 2. The second-order valence-electron chi connectivity index (χ2n) is 5.10. The predicted molar refractivity (Wildman–Crippen MR) is 76.7 cm³/mol. The lowest BCUT2D eigenvalue weighted by Gasteiger charge is -2.23. The Labute approximate surface area is 124 Å². The fraction of sp³-hybridized carbons (Fsp3) is 0.538. The molecule has 2 amide bonds. The van der Waals surface area contributed by atoms with Crippen LogP contribution in [0.2, 0.25) is 0 Å². The van der Waals surface area contributed by atoms with Crippen LogP contribution in [-0.4, -0.2) is 29.3 Å². The summed E-state index contributed by atoms with van der Waals surface area (Å²) >= 11 is 5.06. The van der Waals surface area contributed by atoms with Crippen molar-refractivity contribution >= 4 is 39.1 Å². The zero-order valence-corrected chi connectivity index (χ0v) is 12.8. The maximum absolute atomic E-state index is 12.5. The lowest BCUT2D eigenvalue weighted by Crippen LogP contribution is -2.45. The highest BCUT2D eigenvalue weighted by Crippen LogP contribution is 2.34. The Bertz CT molecular complexity index is 512. The van der Waals surface area contributed by atoms with E-state index in [1.807, 2.05) is 17.0 Å². The van der Waals surface area contributed by atoms with E-state index in [0.717, 1.165) is 21.5 Å². The Hall–Kier alpha value is -0.880. The van der Waals surface area contributed by atoms with Crippen molar-refractivity contribution in [2.75, 3.05) is 6.54 Å². The molecule has 4 nitrogen and oxygen atoms in total. The largest absolute Gasteiger partial charge is 0.344 e. The average molecular weight is 343 g/mol. The summed E-state index contributed by atoms with van der Waals surface area (Å²) in [5.74, 6) is 0.435. The minimum atomic E-state index is -0.293. The molecule has 1 aromatic heterocycles. The fourth-order valence-electron chi connectivity index (χ4n) is 2.38. The molecule has 3 rings (SSSR count). The van der Waals surface area contributed by atoms with Gasteiger partial charge in [-0.1, -0.05) is 0 Å². The molecule has 0 radical (unpaired) electrons. The van der Waals surface area contributed by atoms with Crippen molar-refractivity contribution in [3.63, 3.8) is 0 Å². The number of hydrogen-bond donors (Lipinski definition) is 1. The van der Waals surface area contributed by atoms with E-state index in [4.69, 9.17) is 0 Å². The minimum absolute atomic E-state index is 0.000102. The Morgan fingerprint density at radius 2 is 2.16 bits per heavy atom. The van der Waals surface area contributed by atoms with Crippen LogP contribution in [0.15, 0.2) is 15.9 Å². The van der Waals surface area contributed by atoms with E-state index in [9.17, 15) is 9.59 Å². The molecule has 1 N–H and O–H groups in total. The zero-order valence-electron chi connectivity index (χ0n) is 10.4. The highest BCUT2D eigenvalue weighted by molar-refractivity contribution is 9.11. The van der Waals surface area contributed by atoms with Crippen LogP contribution < -0.4 is 5.32 Å². The number of nitrogens with zero attached hydrogens (tertiary/aromatic N) is 1. The molecular weight excluding hydrogens is 328 g/mol. The van der Waals surface area contributed by atoms with Crippen molar-refractivity contribution in [3.8, 4) is 0 Å². The summed E-state index contributed by atoms with van der Waals surface area (Å²) in [6.45, 7) is 1.12. The number of halogens is 1. The van der Waals surface area contributed by atoms with Crippen LogP contribution in [0, 0.1) is 5.92 Å². The van der Waals surface area contributed by atoms with Crippen LogP contribution in [0.1, 0.15) is 24.1 Å². The molecule has 2 heterocycles. The Balaban J connectivity index is 1.75. The van der Waals surface area contributed by atoms with Gasteiger partial charge in [0.15, 0.2) is 0 Å². The van der Waals surface area contributed by atoms with Crippen molar-refractivity contribution in [3.05, 3.63) is 20.8 Å². The Morgan fingerprint density at radius 1 is 1.37 bits per heavy atom. The minimum Gasteiger partial charge on any atom is -0.344 e. The fourth-order valence-corrected chi connectivity index (χ4v) is 3.88. The standard InChI is InChI=1S/C13H15BrN2O2S/c14-10-4-3-9(19-10)7-16-6-5-11(17)15-12(13(16)18)8-1-2-8/h3-4,8,12H,1-2,5-7H2,(H,15,17). The summed E-state index contributed by atoms with van der Waals surface area (Å²) in [6, 6.07) is 3.72. The monoisotopic (exact) mass is 342 g/mol. The first-order valence-corrected chi connectivity index (χ1v) is 8.07. The van der Waals surface area contributed by atoms with Gasteiger partial charge in [0.2, 0.25) is 11.8 Å². The Morgan fingerprint density at radius 3 is 2.79 bits per heavy atom. The van der Waals surface area contributed by atoms with Crippen molar-refractivity contribution in [1.82, 2.24) is 10.2 Å². The van der Waals surface area contributed by atoms with Gasteiger partial charge in [-0.2, -0.15) is 0 Å². The average Bonchev–Trinajstić information content (AvgIpc) is 3.14. The van der Waals surface area contributed by atoms with Gasteiger partial charge in [0, 0.05) is 17.8 Å². The topological polar surface area (TPSA) is 49.4 Å². The van der Waals surface area contributed by atoms with Crippen LogP contribution in [0.3, 0.4) is 0 Å². The molecule has 0 aromatic carbocycles. The summed E-state index contributed by atoms with van der Waals surface area (Å²) in [5, 5.41) is 2.88. The van der Waals surface area contributed by atoms with Crippen molar-refractivity contribution < 1.29 is 9.59 Å². The quantitative estimate of drug-likeness (QED) is 0.914. The number of carbonyl (C=O) groups is 2. The van der Waals surface area contributed by atoms with Crippen LogP contribution >= 0.6 is 27.3 Å². The van der Waals surface area contributed by atoms with E-state index >= 15 is 0 Å². The zero-order chi connectivity index (χ0) is 13.4. The maximum Gasteiger partial charge on any atom is 0.245 e. The molecule has 1 atom stereocenters. The summed E-state index contributed by atoms with van der Waals surface area (Å²) in [6.07, 6.45) is 2.51. The molecule has 2 fully saturated rings. The lowest BCUT2D eigenvalue weighted by molar-refractivity contribution is -0.134. The first kappa shape index (κ1) is 13.1. The van der Waals surface area contributed by atoms with Crippen molar-refractivity contribution in [1.29, 1.82) is 0 Å². The van der Waals surface area contributed by atoms with Gasteiger partial charge in [0.05, 0.1) is 10.3 Å². The number of rotatable bonds is 3. The van der Waals surface area contributed by atoms with Gasteiger partial charge in [-0.3, -0.25) is 9.59 Å². The number of nitrogens with one attached hydrogen (secondary N) is 1. The van der Waals surface area contributed by atoms with Crippen LogP contribution in [-0.2, 0) is 16.1 Å². The molecule has 1 aliphatic heterocycles. The normalized spacial score (nSPS) is 24.3. The van der Waals surface area contributed by atoms with Gasteiger partial charge in [-0.05, 0) is 46.8 Å². The second-order valence-corrected chi connectivity index (χ2v) is 7.65. The van der Waals surface area contributed by atoms with Gasteiger partial charge in [0.1, 0.15) is 6.04 Å². The molecule has 1 unspecified atom stereocenters. The molecule has 6 heteroatoms. The molecule has 19 heavy (non-hydrogen) atoms. The highest BCUT2D eigenvalue weighted by Gasteiger charge is 2.40. The van der Waals surface area contributed by atoms with Gasteiger partial charge < -0.3 is 10.2 Å². The molecule has 0 bridgehead atoms. The lowest BCUT2D eigenvalue weighted by atomic mass is 10.1. The first-order chi connectivity index (χ1) is 9.13. The summed E-state index contributed by atoms with van der Waals surface area (Å²) in [5.41, 5.74) is 0. The molecule has 1 saturated carbocycles. The van der Waals surface area contributed by atoms with Crippen molar-refractivity contribution in [2.45, 2.75) is 31.8 Å². The second kappa shape index (κ2) is 5.25. The molecule has 1 saturated heterocycles. The molecular formula is C13H15BrN2O2S. The number of carbonyl (C=O) groups excluding carboxylic acids is 2. The summed E-state index contributed by atoms with van der Waals surface area (Å²) < 4.78 is 1.07. The van der Waals surface area contributed by atoms with E-state index in [1.54, 1.807) is 11.3 Å². The highest BCUT2D eigenvalue weighted by atomic mass is 79.9. The third-order valence-electron chi connectivity index (χ3n) is 3.57. The van der Waals surface area contributed by atoms with E-state index in [1.165, 1.54) is 0 Å². The summed E-state index contributed by atoms with van der Waals surface area (Å²) in [4.78, 5) is 27.1. The van der Waals surface area contributed by atoms with Gasteiger partial charge in [0.25, 0.3) is 0 Å². The van der Waals surface area contributed by atoms with Gasteiger partial charge in [-0.15, -0.1) is 11.3 Å². The SMILES string of the molecule is O=C1CCN(Cc2ccc(Br)s2)C(=O)C(C2CC2)N1. The van der Waals surface area contributed by atoms with E-state index in [0.29, 0.717) is 25.4 Å². The van der Waals surface area contributed by atoms with E-state index in [-0.39, 0.29) is 17.9 Å². The van der Waals surface area contributed by atoms with Gasteiger partial charge in [-0.25, -0.2) is 0 Å². The molecule has 1 aromatic rings. The van der Waals surface area contributed by atoms with Crippen LogP contribution in [0.5, 0.6) is 0 Å². The van der Waals surface area contributed by atoms with Crippen LogP contribution in [0.4, 0.5) is 0 Å². The third kappa shape index (κ3) is 3.00. The predicted octanol–water partition coefficient (Wildman–Crippen LogP) is 2.14. The van der Waals surface area contributed by atoms with E-state index < -0.39 is 0 Å². The van der Waals surface area contributed by atoms with Crippen molar-refractivity contribution in [2.24, 2.45) is 5.92 Å². The van der Waals surface area contributed by atoms with Gasteiger partial charge >= 0.3 is 0 Å². The molecule has 0 spiro atoms. The first-order valence-electron chi connectivity index (χ1n) is 6.46. The smallest absolute Gasteiger partial charge is 0.245 e. The molecule has 1 aliphatic carbocycles. The van der Waals surface area contributed by atoms with Crippen LogP contribution in [0.25, 0.3) is 0 Å². The maximum atomic E-state index is 12.5. The molecule has 2 aliphatic rings. The Kier molecular flexibility index (Phi) is 3.62. The molecule has 102 valence electrons.